The Hall–Kier alpha value is -3.22. The van der Waals surface area contributed by atoms with Crippen LogP contribution in [-0.4, -0.2) is 31.6 Å². The van der Waals surface area contributed by atoms with Crippen LogP contribution in [0, 0.1) is 0 Å². The number of hydrogen-bond acceptors (Lipinski definition) is 7. The number of hydrogen-bond donors (Lipinski definition) is 3. The van der Waals surface area contributed by atoms with Gasteiger partial charge in [-0.1, -0.05) is 12.1 Å². The molecule has 0 radical (unpaired) electrons. The quantitative estimate of drug-likeness (QED) is 0.643. The van der Waals surface area contributed by atoms with Crippen molar-refractivity contribution in [3.05, 3.63) is 60.8 Å². The van der Waals surface area contributed by atoms with Crippen LogP contribution >= 0.6 is 0 Å². The van der Waals surface area contributed by atoms with Gasteiger partial charge >= 0.3 is 0 Å². The molecule has 0 aliphatic rings. The lowest BCUT2D eigenvalue weighted by atomic mass is 10.1. The molecule has 7 heteroatoms. The fraction of sp³-hybridized carbons (Fsp3) is 0.125. The van der Waals surface area contributed by atoms with Crippen LogP contribution in [0.1, 0.15) is 5.56 Å². The van der Waals surface area contributed by atoms with Gasteiger partial charge in [0, 0.05) is 25.0 Å². The van der Waals surface area contributed by atoms with E-state index < -0.39 is 0 Å². The maximum atomic E-state index is 9.26. The molecule has 0 aliphatic carbocycles. The summed E-state index contributed by atoms with van der Waals surface area (Å²) < 4.78 is 0. The van der Waals surface area contributed by atoms with Crippen molar-refractivity contribution in [2.75, 3.05) is 17.2 Å². The van der Waals surface area contributed by atoms with Gasteiger partial charge in [0.05, 0.1) is 6.20 Å². The first-order chi connectivity index (χ1) is 11.3. The molecule has 2 heterocycles. The zero-order valence-electron chi connectivity index (χ0n) is 12.3. The number of phenolic OH excluding ortho intramolecular Hbond substituents is 1. The molecule has 0 unspecified atom stereocenters. The van der Waals surface area contributed by atoms with Crippen LogP contribution in [0.15, 0.2) is 55.2 Å². The van der Waals surface area contributed by atoms with Crippen molar-refractivity contribution in [3.8, 4) is 5.75 Å². The van der Waals surface area contributed by atoms with Gasteiger partial charge in [-0.15, -0.1) is 0 Å². The van der Waals surface area contributed by atoms with Crippen LogP contribution in [0.25, 0.3) is 0 Å². The summed E-state index contributed by atoms with van der Waals surface area (Å²) in [7, 11) is 0. The number of aromatic hydroxyl groups is 1. The Balaban J connectivity index is 1.56. The van der Waals surface area contributed by atoms with Gasteiger partial charge < -0.3 is 15.7 Å². The molecular formula is C16H16N6O. The Morgan fingerprint density at radius 3 is 2.52 bits per heavy atom. The minimum Gasteiger partial charge on any atom is -0.508 e. The highest BCUT2D eigenvalue weighted by atomic mass is 16.3. The Morgan fingerprint density at radius 2 is 1.74 bits per heavy atom. The first-order valence-corrected chi connectivity index (χ1v) is 7.16. The lowest BCUT2D eigenvalue weighted by molar-refractivity contribution is 0.475. The lowest BCUT2D eigenvalue weighted by Crippen LogP contribution is -2.07. The molecular weight excluding hydrogens is 292 g/mol. The molecule has 7 nitrogen and oxygen atoms in total. The van der Waals surface area contributed by atoms with Gasteiger partial charge in [-0.05, 0) is 24.1 Å². The average molecular weight is 308 g/mol. The third kappa shape index (κ3) is 4.37. The standard InChI is InChI=1S/C16H16N6O/c23-13-3-1-12(2-4-13)5-6-18-14-9-15(21-11-20-14)22-16-10-17-7-8-19-16/h1-4,7-11,23H,5-6H2,(H2,18,19,20,21,22). The molecule has 0 saturated carbocycles. The highest BCUT2D eigenvalue weighted by molar-refractivity contribution is 5.54. The smallest absolute Gasteiger partial charge is 0.150 e. The third-order valence-electron chi connectivity index (χ3n) is 3.14. The molecule has 0 bridgehead atoms. The summed E-state index contributed by atoms with van der Waals surface area (Å²) in [5.74, 6) is 2.27. The van der Waals surface area contributed by atoms with E-state index in [-0.39, 0.29) is 5.75 Å². The lowest BCUT2D eigenvalue weighted by Gasteiger charge is -2.08. The third-order valence-corrected chi connectivity index (χ3v) is 3.14. The summed E-state index contributed by atoms with van der Waals surface area (Å²) in [6.45, 7) is 0.729. The Bertz CT molecular complexity index is 748. The number of anilines is 3. The van der Waals surface area contributed by atoms with Gasteiger partial charge in [-0.25, -0.2) is 15.0 Å². The Labute approximate surface area is 133 Å². The summed E-state index contributed by atoms with van der Waals surface area (Å²) >= 11 is 0. The predicted molar refractivity (Wildman–Crippen MR) is 87.6 cm³/mol. The van der Waals surface area contributed by atoms with Gasteiger partial charge in [0.15, 0.2) is 0 Å². The van der Waals surface area contributed by atoms with Crippen molar-refractivity contribution in [2.45, 2.75) is 6.42 Å². The van der Waals surface area contributed by atoms with E-state index >= 15 is 0 Å². The van der Waals surface area contributed by atoms with Crippen LogP contribution in [0.4, 0.5) is 17.5 Å². The minimum absolute atomic E-state index is 0.275. The molecule has 23 heavy (non-hydrogen) atoms. The molecule has 0 atom stereocenters. The summed E-state index contributed by atoms with van der Waals surface area (Å²) in [5, 5.41) is 15.6. The molecule has 0 spiro atoms. The van der Waals surface area contributed by atoms with Gasteiger partial charge in [-0.3, -0.25) is 4.98 Å². The van der Waals surface area contributed by atoms with Crippen LogP contribution in [0.2, 0.25) is 0 Å². The van der Waals surface area contributed by atoms with E-state index in [0.29, 0.717) is 11.6 Å². The zero-order valence-corrected chi connectivity index (χ0v) is 12.3. The van der Waals surface area contributed by atoms with Crippen molar-refractivity contribution < 1.29 is 5.11 Å². The van der Waals surface area contributed by atoms with Crippen molar-refractivity contribution in [2.24, 2.45) is 0 Å². The normalized spacial score (nSPS) is 10.3. The summed E-state index contributed by atoms with van der Waals surface area (Å²) in [4.78, 5) is 16.5. The summed E-state index contributed by atoms with van der Waals surface area (Å²) in [6, 6.07) is 8.98. The molecule has 3 rings (SSSR count). The van der Waals surface area contributed by atoms with Crippen LogP contribution in [0.3, 0.4) is 0 Å². The topological polar surface area (TPSA) is 95.8 Å². The molecule has 2 aromatic heterocycles. The summed E-state index contributed by atoms with van der Waals surface area (Å²) in [6.07, 6.45) is 7.17. The predicted octanol–water partition coefficient (Wildman–Crippen LogP) is 2.37. The fourth-order valence-electron chi connectivity index (χ4n) is 2.01. The van der Waals surface area contributed by atoms with Gasteiger partial charge in [0.1, 0.15) is 29.5 Å². The van der Waals surface area contributed by atoms with Crippen molar-refractivity contribution in [1.82, 2.24) is 19.9 Å². The Kier molecular flexibility index (Phi) is 4.58. The van der Waals surface area contributed by atoms with E-state index in [0.717, 1.165) is 24.3 Å². The minimum atomic E-state index is 0.275. The number of aromatic nitrogens is 4. The number of rotatable bonds is 6. The Morgan fingerprint density at radius 1 is 0.913 bits per heavy atom. The molecule has 3 N–H and O–H groups in total. The highest BCUT2D eigenvalue weighted by Gasteiger charge is 2.01. The molecule has 1 aromatic carbocycles. The van der Waals surface area contributed by atoms with E-state index in [1.807, 2.05) is 18.2 Å². The molecule has 3 aromatic rings. The number of nitrogens with zero attached hydrogens (tertiary/aromatic N) is 4. The monoisotopic (exact) mass is 308 g/mol. The average Bonchev–Trinajstić information content (AvgIpc) is 2.58. The second-order valence-electron chi connectivity index (χ2n) is 4.85. The molecule has 116 valence electrons. The van der Waals surface area contributed by atoms with E-state index in [4.69, 9.17) is 0 Å². The van der Waals surface area contributed by atoms with Crippen molar-refractivity contribution >= 4 is 17.5 Å². The molecule has 0 amide bonds. The SMILES string of the molecule is Oc1ccc(CCNc2cc(Nc3cnccn3)ncn2)cc1. The summed E-state index contributed by atoms with van der Waals surface area (Å²) in [5.41, 5.74) is 1.14. The maximum absolute atomic E-state index is 9.26. The molecule has 0 saturated heterocycles. The van der Waals surface area contributed by atoms with Gasteiger partial charge in [-0.2, -0.15) is 0 Å². The van der Waals surface area contributed by atoms with Crippen molar-refractivity contribution in [3.63, 3.8) is 0 Å². The highest BCUT2D eigenvalue weighted by Crippen LogP contribution is 2.14. The van der Waals surface area contributed by atoms with Crippen LogP contribution in [0.5, 0.6) is 5.75 Å². The largest absolute Gasteiger partial charge is 0.508 e. The number of nitrogens with one attached hydrogen (secondary N) is 2. The van der Waals surface area contributed by atoms with Crippen LogP contribution < -0.4 is 10.6 Å². The number of benzene rings is 1. The van der Waals surface area contributed by atoms with Gasteiger partial charge in [0.25, 0.3) is 0 Å². The van der Waals surface area contributed by atoms with E-state index in [1.165, 1.54) is 6.33 Å². The first kappa shape index (κ1) is 14.7. The second kappa shape index (κ2) is 7.17. The molecule has 0 aliphatic heterocycles. The van der Waals surface area contributed by atoms with Crippen molar-refractivity contribution in [1.29, 1.82) is 0 Å². The molecule has 0 fully saturated rings. The fourth-order valence-corrected chi connectivity index (χ4v) is 2.01. The van der Waals surface area contributed by atoms with E-state index in [1.54, 1.807) is 30.7 Å². The second-order valence-corrected chi connectivity index (χ2v) is 4.85. The zero-order chi connectivity index (χ0) is 15.9. The van der Waals surface area contributed by atoms with Gasteiger partial charge in [0.2, 0.25) is 0 Å². The maximum Gasteiger partial charge on any atom is 0.150 e. The van der Waals surface area contributed by atoms with E-state index in [9.17, 15) is 5.11 Å². The first-order valence-electron chi connectivity index (χ1n) is 7.16. The number of phenols is 1. The van der Waals surface area contributed by atoms with Crippen LogP contribution in [-0.2, 0) is 6.42 Å². The van der Waals surface area contributed by atoms with E-state index in [2.05, 4.69) is 30.6 Å².